The van der Waals surface area contributed by atoms with Gasteiger partial charge < -0.3 is 51.6 Å². The summed E-state index contributed by atoms with van der Waals surface area (Å²) in [5.41, 5.74) is 10.6. The Morgan fingerprint density at radius 2 is 1.41 bits per heavy atom. The Morgan fingerprint density at radius 1 is 0.912 bits per heavy atom. The zero-order valence-electron chi connectivity index (χ0n) is 28.9. The summed E-state index contributed by atoms with van der Waals surface area (Å²) in [4.78, 5) is 14.9. The van der Waals surface area contributed by atoms with Crippen molar-refractivity contribution >= 4 is 24.5 Å². The summed E-state index contributed by atoms with van der Waals surface area (Å²) in [6.45, 7) is -0.514. The lowest BCUT2D eigenvalue weighted by Crippen LogP contribution is -2.44. The molecule has 0 aliphatic carbocycles. The lowest BCUT2D eigenvalue weighted by molar-refractivity contribution is -0.0607. The molecule has 4 heterocycles. The highest BCUT2D eigenvalue weighted by Gasteiger charge is 2.46. The van der Waals surface area contributed by atoms with Crippen molar-refractivity contribution in [3.05, 3.63) is 24.8 Å². The molecule has 10 N–H and O–H groups in total. The van der Waals surface area contributed by atoms with Gasteiger partial charge in [0.05, 0.1) is 26.8 Å². The molecule has 0 aromatic rings. The number of ether oxygens (including phenoxy) is 2. The molecular weight excluding hydrogens is 456 g/mol. The Hall–Kier alpha value is -2.96. The molecule has 0 aromatic carbocycles. The minimum absolute atomic E-state index is 0.220. The van der Waals surface area contributed by atoms with Gasteiger partial charge in [0.1, 0.15) is 63.5 Å². The number of aliphatic imine (C=N–C) groups is 4. The van der Waals surface area contributed by atoms with Gasteiger partial charge in [0.25, 0.3) is 0 Å². The minimum Gasteiger partial charge on any atom is -0.394 e. The standard InChI is InChI=1S/2C9H14N4O4/c2*1-4-12-9(10)11-3-13(4)8-7(16)6(15)5(2-14)17-8/h2*3,5-8,14-16H,1-2H2,(H2,10,12)/t2*5-,6+,7?,8-/m11/s1/i2D2,3D,5D,6D,7D,8D;2D2,3D,5D,6D. The number of nitrogens with zero attached hydrogens (tertiary/aromatic N) is 6. The van der Waals surface area contributed by atoms with E-state index >= 15 is 0 Å². The largest absolute Gasteiger partial charge is 0.394 e. The van der Waals surface area contributed by atoms with Crippen LogP contribution in [0.2, 0.25) is 0 Å². The van der Waals surface area contributed by atoms with Crippen LogP contribution in [0.4, 0.5) is 0 Å². The number of aliphatic hydroxyl groups excluding tert-OH is 1. The Labute approximate surface area is 210 Å². The van der Waals surface area contributed by atoms with E-state index in [1.807, 2.05) is 0 Å². The Balaban J connectivity index is 0.000000251. The summed E-state index contributed by atoms with van der Waals surface area (Å²) in [5, 5.41) is 59.0. The SMILES string of the molecule is [2H]C1=NC(N)=NC(=C)N1[C@@H]1O[C@]([2H])(C([2H])([2H])O)[C@]([2H])(O)C1O.[2H]C1=NC(N)=NC(=C)N1[C@]1([2H])O[C@]([2H])(C([2H])([2H])O)[C@]([2H])(O)C1([2H])O. The summed E-state index contributed by atoms with van der Waals surface area (Å²) >= 11 is 0. The van der Waals surface area contributed by atoms with Gasteiger partial charge in [0, 0.05) is 0 Å². The molecule has 8 atom stereocenters. The van der Waals surface area contributed by atoms with E-state index < -0.39 is 86.5 Å². The molecule has 4 aliphatic rings. The molecule has 2 unspecified atom stereocenters. The molecule has 4 aliphatic heterocycles. The van der Waals surface area contributed by atoms with Crippen LogP contribution in [0.3, 0.4) is 0 Å². The molecule has 4 rings (SSSR count). The fraction of sp³-hybridized carbons (Fsp3) is 0.556. The smallest absolute Gasteiger partial charge is 0.223 e. The van der Waals surface area contributed by atoms with Crippen LogP contribution in [0, 0.1) is 0 Å². The average molecular weight is 497 g/mol. The van der Waals surface area contributed by atoms with E-state index in [9.17, 15) is 30.6 Å². The number of hydrogen-bond donors (Lipinski definition) is 8. The van der Waals surface area contributed by atoms with Crippen molar-refractivity contribution in [3.63, 3.8) is 0 Å². The third kappa shape index (κ3) is 5.08. The van der Waals surface area contributed by atoms with Crippen LogP contribution in [0.25, 0.3) is 0 Å². The van der Waals surface area contributed by atoms with Crippen molar-refractivity contribution in [1.29, 1.82) is 0 Å². The topological polar surface area (TPSA) is 248 Å². The second-order valence-electron chi connectivity index (χ2n) is 6.23. The molecule has 0 aromatic heterocycles. The van der Waals surface area contributed by atoms with Gasteiger partial charge in [-0.1, -0.05) is 13.2 Å². The van der Waals surface area contributed by atoms with Gasteiger partial charge in [-0.15, -0.1) is 0 Å². The van der Waals surface area contributed by atoms with E-state index in [2.05, 4.69) is 37.9 Å². The van der Waals surface area contributed by atoms with Crippen molar-refractivity contribution in [1.82, 2.24) is 9.80 Å². The van der Waals surface area contributed by atoms with E-state index in [1.54, 1.807) is 0 Å². The second kappa shape index (κ2) is 10.5. The first-order valence-corrected chi connectivity index (χ1v) is 8.80. The molecule has 16 heteroatoms. The van der Waals surface area contributed by atoms with Crippen molar-refractivity contribution in [2.45, 2.75) is 48.9 Å². The minimum atomic E-state index is -3.87. The molecule has 188 valence electrons. The van der Waals surface area contributed by atoms with E-state index in [4.69, 9.17) is 32.7 Å². The fourth-order valence-electron chi connectivity index (χ4n) is 2.53. The molecule has 0 bridgehead atoms. The van der Waals surface area contributed by atoms with Crippen molar-refractivity contribution in [2.24, 2.45) is 31.4 Å². The van der Waals surface area contributed by atoms with Gasteiger partial charge >= 0.3 is 0 Å². The second-order valence-corrected chi connectivity index (χ2v) is 6.23. The lowest BCUT2D eigenvalue weighted by atomic mass is 10.1. The molecule has 2 saturated heterocycles. The third-order valence-electron chi connectivity index (χ3n) is 4.08. The van der Waals surface area contributed by atoms with Crippen LogP contribution in [0.15, 0.2) is 44.8 Å². The van der Waals surface area contributed by atoms with Crippen molar-refractivity contribution in [3.8, 4) is 0 Å². The number of guanidine groups is 2. The van der Waals surface area contributed by atoms with Crippen molar-refractivity contribution in [2.75, 3.05) is 13.1 Å². The van der Waals surface area contributed by atoms with Gasteiger partial charge in [-0.05, 0) is 0 Å². The van der Waals surface area contributed by atoms with Gasteiger partial charge in [0.2, 0.25) is 11.9 Å². The fourth-order valence-corrected chi connectivity index (χ4v) is 2.53. The highest BCUT2D eigenvalue weighted by Crippen LogP contribution is 2.27. The zero-order chi connectivity index (χ0) is 36.0. The summed E-state index contributed by atoms with van der Waals surface area (Å²) in [7, 11) is 0. The van der Waals surface area contributed by atoms with Crippen LogP contribution in [-0.4, -0.2) is 127 Å². The zero-order valence-corrected chi connectivity index (χ0v) is 16.9. The number of rotatable bonds is 4. The molecule has 34 heavy (non-hydrogen) atoms. The summed E-state index contributed by atoms with van der Waals surface area (Å²) in [6, 6.07) is 0. The van der Waals surface area contributed by atoms with Crippen LogP contribution < -0.4 is 11.5 Å². The first kappa shape index (κ1) is 13.8. The monoisotopic (exact) mass is 496 g/mol. The molecule has 0 amide bonds. The highest BCUT2D eigenvalue weighted by atomic mass is 16.6. The van der Waals surface area contributed by atoms with Crippen molar-refractivity contribution < 1.29 is 56.6 Å². The normalized spacial score (nSPS) is 57.0. The van der Waals surface area contributed by atoms with E-state index in [0.29, 0.717) is 4.90 Å². The maximum absolute atomic E-state index is 10.2. The Morgan fingerprint density at radius 3 is 1.85 bits per heavy atom. The van der Waals surface area contributed by atoms with E-state index in [-0.39, 0.29) is 16.7 Å². The highest BCUT2D eigenvalue weighted by molar-refractivity contribution is 5.89. The molecular formula is C18H28N8O8. The molecule has 16 nitrogen and oxygen atoms in total. The average Bonchev–Trinajstić information content (AvgIpc) is 3.08. The number of hydrogen-bond acceptors (Lipinski definition) is 16. The molecule has 0 radical (unpaired) electrons. The predicted molar refractivity (Wildman–Crippen MR) is 118 cm³/mol. The number of aliphatic hydroxyl groups is 6. The van der Waals surface area contributed by atoms with Crippen LogP contribution in [0.5, 0.6) is 0 Å². The number of amidine groups is 2. The first-order chi connectivity index (χ1) is 20.4. The van der Waals surface area contributed by atoms with Crippen LogP contribution >= 0.6 is 0 Å². The van der Waals surface area contributed by atoms with Gasteiger partial charge in [-0.3, -0.25) is 9.80 Å². The molecule has 2 fully saturated rings. The Kier molecular flexibility index (Phi) is 4.28. The van der Waals surface area contributed by atoms with Crippen LogP contribution in [0.1, 0.15) is 16.4 Å². The van der Waals surface area contributed by atoms with Gasteiger partial charge in [-0.25, -0.2) is 9.98 Å². The third-order valence-corrected chi connectivity index (χ3v) is 4.08. The summed E-state index contributed by atoms with van der Waals surface area (Å²) < 4.78 is 100. The molecule has 0 saturated carbocycles. The maximum Gasteiger partial charge on any atom is 0.223 e. The first-order valence-electron chi connectivity index (χ1n) is 14.8. The van der Waals surface area contributed by atoms with Gasteiger partial charge in [0.15, 0.2) is 12.4 Å². The predicted octanol–water partition coefficient (Wildman–Crippen LogP) is -4.89. The quantitative estimate of drug-likeness (QED) is 0.182. The maximum atomic E-state index is 10.2. The van der Waals surface area contributed by atoms with Crippen LogP contribution in [-0.2, 0) is 9.47 Å². The van der Waals surface area contributed by atoms with Gasteiger partial charge in [-0.2, -0.15) is 9.98 Å². The molecule has 0 spiro atoms. The summed E-state index contributed by atoms with van der Waals surface area (Å²) in [5.74, 6) is -1.55. The van der Waals surface area contributed by atoms with E-state index in [1.165, 1.54) is 0 Å². The summed E-state index contributed by atoms with van der Waals surface area (Å²) in [6.07, 6.45) is -26.8. The Bertz CT molecular complexity index is 1450. The lowest BCUT2D eigenvalue weighted by Gasteiger charge is -2.29. The van der Waals surface area contributed by atoms with E-state index in [0.717, 1.165) is 0 Å². The number of nitrogens with two attached hydrogens (primary N) is 2.